The minimum absolute atomic E-state index is 0.567. The van der Waals surface area contributed by atoms with Crippen LogP contribution in [0.25, 0.3) is 0 Å². The third-order valence-electron chi connectivity index (χ3n) is 7.45. The third-order valence-corrected chi connectivity index (χ3v) is 7.69. The van der Waals surface area contributed by atoms with E-state index >= 15 is 0 Å². The predicted molar refractivity (Wildman–Crippen MR) is 155 cm³/mol. The lowest BCUT2D eigenvalue weighted by molar-refractivity contribution is 0.0389. The van der Waals surface area contributed by atoms with Crippen molar-refractivity contribution in [3.8, 4) is 0 Å². The number of hydrogen-bond donors (Lipinski definition) is 2. The molecule has 0 radical (unpaired) electrons. The fourth-order valence-corrected chi connectivity index (χ4v) is 5.52. The zero-order valence-electron chi connectivity index (χ0n) is 21.9. The number of nitrogens with one attached hydrogen (secondary N) is 2. The van der Waals surface area contributed by atoms with Crippen LogP contribution in [-0.4, -0.2) is 98.6 Å². The highest BCUT2D eigenvalue weighted by atomic mass is 32.1. The van der Waals surface area contributed by atoms with E-state index in [1.54, 1.807) is 0 Å². The Labute approximate surface area is 226 Å². The molecule has 2 aromatic rings. The Morgan fingerprint density at radius 3 is 2.38 bits per heavy atom. The first kappa shape index (κ1) is 25.9. The molecule has 37 heavy (non-hydrogen) atoms. The zero-order chi connectivity index (χ0) is 25.5. The summed E-state index contributed by atoms with van der Waals surface area (Å²) in [5, 5.41) is 7.17. The van der Waals surface area contributed by atoms with Crippen molar-refractivity contribution in [3.63, 3.8) is 0 Å². The second-order valence-corrected chi connectivity index (χ2v) is 10.7. The van der Waals surface area contributed by atoms with Crippen LogP contribution in [0, 0.1) is 5.92 Å². The summed E-state index contributed by atoms with van der Waals surface area (Å²) in [5.41, 5.74) is 1.28. The van der Waals surface area contributed by atoms with Crippen LogP contribution in [0.1, 0.15) is 19.8 Å². The van der Waals surface area contributed by atoms with Crippen molar-refractivity contribution in [1.82, 2.24) is 20.2 Å². The number of para-hydroxylation sites is 1. The van der Waals surface area contributed by atoms with E-state index in [2.05, 4.69) is 73.6 Å². The van der Waals surface area contributed by atoms with E-state index in [0.717, 1.165) is 90.3 Å². The summed E-state index contributed by atoms with van der Waals surface area (Å²) in [6.45, 7) is 13.4. The Morgan fingerprint density at radius 1 is 0.946 bits per heavy atom. The molecule has 3 saturated heterocycles. The van der Waals surface area contributed by atoms with Gasteiger partial charge in [-0.05, 0) is 43.1 Å². The lowest BCUT2D eigenvalue weighted by atomic mass is 10.0. The number of morpholine rings is 1. The molecule has 1 aromatic heterocycles. The Morgan fingerprint density at radius 2 is 1.65 bits per heavy atom. The van der Waals surface area contributed by atoms with Gasteiger partial charge in [0, 0.05) is 77.2 Å². The summed E-state index contributed by atoms with van der Waals surface area (Å²) in [5.74, 6) is 3.19. The second kappa shape index (κ2) is 12.7. The van der Waals surface area contributed by atoms with Gasteiger partial charge in [0.2, 0.25) is 5.95 Å². The molecule has 2 N–H and O–H groups in total. The van der Waals surface area contributed by atoms with Crippen molar-refractivity contribution in [2.45, 2.75) is 19.8 Å². The number of aromatic nitrogens is 2. The summed E-state index contributed by atoms with van der Waals surface area (Å²) >= 11 is 5.61. The quantitative estimate of drug-likeness (QED) is 0.528. The first-order valence-corrected chi connectivity index (χ1v) is 14.1. The van der Waals surface area contributed by atoms with Crippen LogP contribution in [0.2, 0.25) is 0 Å². The van der Waals surface area contributed by atoms with Gasteiger partial charge in [0.1, 0.15) is 11.6 Å². The van der Waals surface area contributed by atoms with Crippen molar-refractivity contribution in [1.29, 1.82) is 0 Å². The molecule has 0 saturated carbocycles. The molecule has 0 bridgehead atoms. The zero-order valence-corrected chi connectivity index (χ0v) is 22.8. The summed E-state index contributed by atoms with van der Waals surface area (Å²) in [4.78, 5) is 19.4. The van der Waals surface area contributed by atoms with E-state index in [0.29, 0.717) is 17.0 Å². The van der Waals surface area contributed by atoms with Crippen molar-refractivity contribution < 1.29 is 4.74 Å². The molecular formula is C27H40N8OS. The van der Waals surface area contributed by atoms with Crippen LogP contribution in [0.5, 0.6) is 0 Å². The summed E-state index contributed by atoms with van der Waals surface area (Å²) in [6, 6.07) is 12.8. The average molecular weight is 525 g/mol. The SMILES string of the molecule is CC1CCCN(c2cc(N3CCN(c4ccccc4)CC3)nc(NC(=S)NCCN3CCOCC3)n2)C1. The molecule has 1 atom stereocenters. The topological polar surface area (TPSA) is 72.0 Å². The van der Waals surface area contributed by atoms with Crippen LogP contribution in [-0.2, 0) is 4.74 Å². The number of nitrogens with zero attached hydrogens (tertiary/aromatic N) is 6. The van der Waals surface area contributed by atoms with Gasteiger partial charge in [-0.15, -0.1) is 0 Å². The largest absolute Gasteiger partial charge is 0.379 e. The van der Waals surface area contributed by atoms with Gasteiger partial charge in [0.15, 0.2) is 5.11 Å². The van der Waals surface area contributed by atoms with E-state index < -0.39 is 0 Å². The monoisotopic (exact) mass is 524 g/mol. The Bertz CT molecular complexity index is 1010. The van der Waals surface area contributed by atoms with Crippen LogP contribution in [0.4, 0.5) is 23.3 Å². The van der Waals surface area contributed by atoms with Crippen molar-refractivity contribution in [2.75, 3.05) is 98.7 Å². The lowest BCUT2D eigenvalue weighted by Crippen LogP contribution is -2.47. The highest BCUT2D eigenvalue weighted by molar-refractivity contribution is 7.80. The molecule has 0 aliphatic carbocycles. The molecule has 5 rings (SSSR count). The Hall–Kier alpha value is -2.69. The van der Waals surface area contributed by atoms with Crippen LogP contribution in [0.15, 0.2) is 36.4 Å². The standard InChI is InChI=1S/C27H40N8OS/c1-22-6-5-10-35(21-22)25-20-24(34-14-12-33(13-15-34)23-7-3-2-4-8-23)29-26(30-25)31-27(37)28-9-11-32-16-18-36-19-17-32/h2-4,7-8,20,22H,5-6,9-19,21H2,1H3,(H2,28,29,30,31,37). The van der Waals surface area contributed by atoms with Gasteiger partial charge in [-0.3, -0.25) is 4.90 Å². The molecule has 1 aromatic carbocycles. The van der Waals surface area contributed by atoms with E-state index in [4.69, 9.17) is 26.9 Å². The maximum Gasteiger partial charge on any atom is 0.232 e. The number of ether oxygens (including phenoxy) is 1. The van der Waals surface area contributed by atoms with Gasteiger partial charge < -0.3 is 30.1 Å². The molecular weight excluding hydrogens is 484 g/mol. The summed E-state index contributed by atoms with van der Waals surface area (Å²) in [6.07, 6.45) is 2.47. The number of thiocarbonyl (C=S) groups is 1. The molecule has 9 nitrogen and oxygen atoms in total. The average Bonchev–Trinajstić information content (AvgIpc) is 2.94. The molecule has 4 heterocycles. The van der Waals surface area contributed by atoms with E-state index in [1.165, 1.54) is 18.5 Å². The third kappa shape index (κ3) is 7.21. The lowest BCUT2D eigenvalue weighted by Gasteiger charge is -2.37. The van der Waals surface area contributed by atoms with Gasteiger partial charge in [-0.25, -0.2) is 0 Å². The Balaban J connectivity index is 1.25. The normalized spacial score (nSPS) is 21.1. The minimum Gasteiger partial charge on any atom is -0.379 e. The smallest absolute Gasteiger partial charge is 0.232 e. The van der Waals surface area contributed by atoms with Crippen LogP contribution >= 0.6 is 12.2 Å². The van der Waals surface area contributed by atoms with Gasteiger partial charge in [-0.1, -0.05) is 25.1 Å². The maximum atomic E-state index is 5.61. The van der Waals surface area contributed by atoms with Crippen molar-refractivity contribution in [2.24, 2.45) is 5.92 Å². The van der Waals surface area contributed by atoms with Crippen LogP contribution in [0.3, 0.4) is 0 Å². The number of rotatable bonds is 7. The van der Waals surface area contributed by atoms with E-state index in [1.807, 2.05) is 0 Å². The second-order valence-electron chi connectivity index (χ2n) is 10.2. The molecule has 3 aliphatic rings. The fourth-order valence-electron chi connectivity index (χ4n) is 5.33. The predicted octanol–water partition coefficient (Wildman–Crippen LogP) is 2.66. The summed E-state index contributed by atoms with van der Waals surface area (Å²) < 4.78 is 5.44. The van der Waals surface area contributed by atoms with Gasteiger partial charge in [0.25, 0.3) is 0 Å². The van der Waals surface area contributed by atoms with E-state index in [9.17, 15) is 0 Å². The van der Waals surface area contributed by atoms with Gasteiger partial charge in [-0.2, -0.15) is 9.97 Å². The fraction of sp³-hybridized carbons (Fsp3) is 0.593. The molecule has 0 spiro atoms. The molecule has 3 aliphatic heterocycles. The molecule has 200 valence electrons. The van der Waals surface area contributed by atoms with Gasteiger partial charge >= 0.3 is 0 Å². The molecule has 3 fully saturated rings. The Kier molecular flexibility index (Phi) is 8.91. The number of piperidine rings is 1. The molecule has 1 unspecified atom stereocenters. The number of anilines is 4. The molecule has 10 heteroatoms. The van der Waals surface area contributed by atoms with E-state index in [-0.39, 0.29) is 0 Å². The minimum atomic E-state index is 0.567. The highest BCUT2D eigenvalue weighted by Crippen LogP contribution is 2.27. The van der Waals surface area contributed by atoms with Crippen molar-refractivity contribution in [3.05, 3.63) is 36.4 Å². The van der Waals surface area contributed by atoms with Crippen LogP contribution < -0.4 is 25.3 Å². The first-order valence-electron chi connectivity index (χ1n) is 13.7. The first-order chi connectivity index (χ1) is 18.1. The maximum absolute atomic E-state index is 5.61. The van der Waals surface area contributed by atoms with Gasteiger partial charge in [0.05, 0.1) is 13.2 Å². The number of hydrogen-bond acceptors (Lipinski definition) is 8. The number of piperazine rings is 1. The highest BCUT2D eigenvalue weighted by Gasteiger charge is 2.23. The number of benzene rings is 1. The van der Waals surface area contributed by atoms with Crippen molar-refractivity contribution >= 4 is 40.6 Å². The molecule has 0 amide bonds. The summed E-state index contributed by atoms with van der Waals surface area (Å²) in [7, 11) is 0.